The molecular formula is C14H16F2N2O2. The molecule has 0 radical (unpaired) electrons. The molecule has 1 aromatic rings. The third-order valence-electron chi connectivity index (χ3n) is 3.56. The highest BCUT2D eigenvalue weighted by atomic mass is 19.3. The third-order valence-corrected chi connectivity index (χ3v) is 3.56. The molecule has 1 heterocycles. The lowest BCUT2D eigenvalue weighted by atomic mass is 9.86. The molecule has 0 spiro atoms. The summed E-state index contributed by atoms with van der Waals surface area (Å²) in [6.07, 6.45) is -0.0206. The van der Waals surface area contributed by atoms with Gasteiger partial charge in [-0.2, -0.15) is 8.78 Å². The molecule has 2 N–H and O–H groups in total. The summed E-state index contributed by atoms with van der Waals surface area (Å²) in [4.78, 5) is 23.1. The first kappa shape index (κ1) is 14.4. The summed E-state index contributed by atoms with van der Waals surface area (Å²) in [5.74, 6) is -5.12. The number of nitrogens with one attached hydrogen (secondary N) is 2. The molecule has 0 unspecified atom stereocenters. The van der Waals surface area contributed by atoms with Crippen LogP contribution in [0, 0.1) is 0 Å². The van der Waals surface area contributed by atoms with Crippen molar-refractivity contribution in [1.82, 2.24) is 10.6 Å². The second-order valence-corrected chi connectivity index (χ2v) is 5.24. The monoisotopic (exact) mass is 282 g/mol. The van der Waals surface area contributed by atoms with Crippen LogP contribution in [-0.4, -0.2) is 23.8 Å². The lowest BCUT2D eigenvalue weighted by molar-refractivity contribution is -0.144. The molecule has 20 heavy (non-hydrogen) atoms. The second-order valence-electron chi connectivity index (χ2n) is 5.24. The minimum atomic E-state index is -3.47. The van der Waals surface area contributed by atoms with E-state index >= 15 is 0 Å². The summed E-state index contributed by atoms with van der Waals surface area (Å²) in [6, 6.07) is 8.26. The maximum Gasteiger partial charge on any atom is 0.321 e. The molecule has 1 aliphatic rings. The van der Waals surface area contributed by atoms with Gasteiger partial charge < -0.3 is 10.6 Å². The van der Waals surface area contributed by atoms with Crippen LogP contribution in [0.2, 0.25) is 0 Å². The SMILES string of the molecule is CC(F)(F)C(=O)N[C@@H]1CC(=O)N[C@@]1(C)c1ccccc1. The molecule has 0 aromatic heterocycles. The molecule has 1 fully saturated rings. The number of hydrogen-bond donors (Lipinski definition) is 2. The first-order valence-electron chi connectivity index (χ1n) is 6.29. The molecule has 1 saturated heterocycles. The van der Waals surface area contributed by atoms with Gasteiger partial charge in [0.05, 0.1) is 11.6 Å². The Bertz CT molecular complexity index is 528. The molecule has 1 aromatic carbocycles. The Balaban J connectivity index is 2.27. The number of hydrogen-bond acceptors (Lipinski definition) is 2. The average molecular weight is 282 g/mol. The molecule has 2 amide bonds. The first-order valence-corrected chi connectivity index (χ1v) is 6.29. The van der Waals surface area contributed by atoms with E-state index in [9.17, 15) is 18.4 Å². The van der Waals surface area contributed by atoms with Crippen LogP contribution in [0.4, 0.5) is 8.78 Å². The number of benzene rings is 1. The molecule has 2 atom stereocenters. The van der Waals surface area contributed by atoms with Crippen molar-refractivity contribution in [2.45, 2.75) is 37.8 Å². The molecule has 4 nitrogen and oxygen atoms in total. The van der Waals surface area contributed by atoms with Gasteiger partial charge in [0.2, 0.25) is 5.91 Å². The van der Waals surface area contributed by atoms with E-state index in [1.807, 2.05) is 6.07 Å². The molecule has 0 bridgehead atoms. The smallest absolute Gasteiger partial charge is 0.321 e. The molecule has 6 heteroatoms. The van der Waals surface area contributed by atoms with E-state index < -0.39 is 23.4 Å². The third kappa shape index (κ3) is 2.64. The Morgan fingerprint density at radius 2 is 2.00 bits per heavy atom. The summed E-state index contributed by atoms with van der Waals surface area (Å²) < 4.78 is 26.0. The molecule has 1 aliphatic heterocycles. The van der Waals surface area contributed by atoms with Gasteiger partial charge in [0.25, 0.3) is 5.91 Å². The van der Waals surface area contributed by atoms with Gasteiger partial charge in [0.1, 0.15) is 0 Å². The fourth-order valence-corrected chi connectivity index (χ4v) is 2.36. The Labute approximate surface area is 115 Å². The molecule has 108 valence electrons. The average Bonchev–Trinajstić information content (AvgIpc) is 2.65. The number of carbonyl (C=O) groups is 2. The van der Waals surface area contributed by atoms with Crippen LogP contribution in [0.3, 0.4) is 0 Å². The first-order chi connectivity index (χ1) is 9.23. The van der Waals surface area contributed by atoms with Crippen LogP contribution < -0.4 is 10.6 Å². The van der Waals surface area contributed by atoms with Gasteiger partial charge in [-0.15, -0.1) is 0 Å². The Kier molecular flexibility index (Phi) is 3.50. The van der Waals surface area contributed by atoms with Gasteiger partial charge >= 0.3 is 5.92 Å². The second kappa shape index (κ2) is 4.85. The van der Waals surface area contributed by atoms with Crippen LogP contribution in [0.1, 0.15) is 25.8 Å². The Morgan fingerprint density at radius 3 is 2.55 bits per heavy atom. The lowest BCUT2D eigenvalue weighted by Crippen LogP contribution is -2.53. The van der Waals surface area contributed by atoms with Crippen molar-refractivity contribution in [2.24, 2.45) is 0 Å². The largest absolute Gasteiger partial charge is 0.345 e. The minimum Gasteiger partial charge on any atom is -0.345 e. The number of rotatable bonds is 3. The number of alkyl halides is 2. The zero-order valence-corrected chi connectivity index (χ0v) is 11.2. The fraction of sp³-hybridized carbons (Fsp3) is 0.429. The highest BCUT2D eigenvalue weighted by Gasteiger charge is 2.47. The molecule has 0 aliphatic carbocycles. The quantitative estimate of drug-likeness (QED) is 0.884. The van der Waals surface area contributed by atoms with E-state index in [4.69, 9.17) is 0 Å². The van der Waals surface area contributed by atoms with Gasteiger partial charge in [-0.1, -0.05) is 30.3 Å². The highest BCUT2D eigenvalue weighted by molar-refractivity contribution is 5.86. The van der Waals surface area contributed by atoms with Crippen LogP contribution in [0.25, 0.3) is 0 Å². The maximum atomic E-state index is 13.0. The fourth-order valence-electron chi connectivity index (χ4n) is 2.36. The van der Waals surface area contributed by atoms with Gasteiger partial charge in [-0.3, -0.25) is 9.59 Å². The van der Waals surface area contributed by atoms with E-state index in [-0.39, 0.29) is 12.3 Å². The van der Waals surface area contributed by atoms with Crippen molar-refractivity contribution in [3.8, 4) is 0 Å². The highest BCUT2D eigenvalue weighted by Crippen LogP contribution is 2.31. The van der Waals surface area contributed by atoms with Crippen molar-refractivity contribution in [1.29, 1.82) is 0 Å². The summed E-state index contributed by atoms with van der Waals surface area (Å²) in [7, 11) is 0. The van der Waals surface area contributed by atoms with Crippen molar-refractivity contribution >= 4 is 11.8 Å². The van der Waals surface area contributed by atoms with Crippen molar-refractivity contribution in [2.75, 3.05) is 0 Å². The Morgan fingerprint density at radius 1 is 1.40 bits per heavy atom. The van der Waals surface area contributed by atoms with Crippen LogP contribution in [0.15, 0.2) is 30.3 Å². The summed E-state index contributed by atoms with van der Waals surface area (Å²) >= 11 is 0. The van der Waals surface area contributed by atoms with Gasteiger partial charge in [-0.05, 0) is 12.5 Å². The lowest BCUT2D eigenvalue weighted by Gasteiger charge is -2.32. The summed E-state index contributed by atoms with van der Waals surface area (Å²) in [5, 5.41) is 5.02. The predicted molar refractivity (Wildman–Crippen MR) is 69.1 cm³/mol. The summed E-state index contributed by atoms with van der Waals surface area (Å²) in [5.41, 5.74) is -0.130. The maximum absolute atomic E-state index is 13.0. The van der Waals surface area contributed by atoms with E-state index in [0.29, 0.717) is 6.92 Å². The minimum absolute atomic E-state index is 0.0206. The standard InChI is InChI=1S/C14H16F2N2O2/c1-13(9-6-4-3-5-7-9)10(8-11(19)18-13)17-12(20)14(2,15)16/h3-7,10H,8H2,1-2H3,(H,17,20)(H,18,19)/t10-,13+/m1/s1. The zero-order valence-electron chi connectivity index (χ0n) is 11.2. The number of carbonyl (C=O) groups excluding carboxylic acids is 2. The van der Waals surface area contributed by atoms with Crippen molar-refractivity contribution in [3.05, 3.63) is 35.9 Å². The van der Waals surface area contributed by atoms with Gasteiger partial charge in [0.15, 0.2) is 0 Å². The molecule has 0 saturated carbocycles. The molecular weight excluding hydrogens is 266 g/mol. The van der Waals surface area contributed by atoms with E-state index in [1.54, 1.807) is 31.2 Å². The number of halogens is 2. The van der Waals surface area contributed by atoms with Crippen LogP contribution in [-0.2, 0) is 15.1 Å². The normalized spacial score (nSPS) is 26.2. The van der Waals surface area contributed by atoms with E-state index in [2.05, 4.69) is 10.6 Å². The zero-order chi connectivity index (χ0) is 15.0. The van der Waals surface area contributed by atoms with Crippen LogP contribution >= 0.6 is 0 Å². The van der Waals surface area contributed by atoms with E-state index in [0.717, 1.165) is 5.56 Å². The predicted octanol–water partition coefficient (Wildman–Crippen LogP) is 1.56. The van der Waals surface area contributed by atoms with Crippen molar-refractivity contribution < 1.29 is 18.4 Å². The summed E-state index contributed by atoms with van der Waals surface area (Å²) in [6.45, 7) is 2.25. The van der Waals surface area contributed by atoms with E-state index in [1.165, 1.54) is 0 Å². The van der Waals surface area contributed by atoms with Crippen molar-refractivity contribution in [3.63, 3.8) is 0 Å². The van der Waals surface area contributed by atoms with Gasteiger partial charge in [-0.25, -0.2) is 0 Å². The van der Waals surface area contributed by atoms with Crippen LogP contribution in [0.5, 0.6) is 0 Å². The van der Waals surface area contributed by atoms with Gasteiger partial charge in [0, 0.05) is 13.3 Å². The number of amides is 2. The Hall–Kier alpha value is -1.98. The topological polar surface area (TPSA) is 58.2 Å². The molecule has 2 rings (SSSR count).